The fraction of sp³-hybridized carbons (Fsp3) is 0.312. The first-order valence-corrected chi connectivity index (χ1v) is 7.12. The van der Waals surface area contributed by atoms with Gasteiger partial charge in [-0.1, -0.05) is 6.07 Å². The van der Waals surface area contributed by atoms with Crippen LogP contribution in [0.4, 0.5) is 10.3 Å². The summed E-state index contributed by atoms with van der Waals surface area (Å²) in [4.78, 5) is 16.1. The second-order valence-electron chi connectivity index (χ2n) is 5.92. The van der Waals surface area contributed by atoms with Crippen LogP contribution in [-0.2, 0) is 0 Å². The van der Waals surface area contributed by atoms with Gasteiger partial charge in [-0.05, 0) is 26.8 Å². The average molecular weight is 299 g/mol. The van der Waals surface area contributed by atoms with E-state index in [1.165, 1.54) is 13.8 Å². The van der Waals surface area contributed by atoms with Gasteiger partial charge in [0.1, 0.15) is 11.3 Å². The highest BCUT2D eigenvalue weighted by molar-refractivity contribution is 5.93. The minimum atomic E-state index is -1.31. The number of aromatic amines is 1. The number of fused-ring (bicyclic) bond motifs is 1. The van der Waals surface area contributed by atoms with Crippen LogP contribution >= 0.6 is 0 Å². The van der Waals surface area contributed by atoms with Crippen molar-refractivity contribution >= 4 is 17.0 Å². The summed E-state index contributed by atoms with van der Waals surface area (Å²) in [5.74, 6) is 0.411. The van der Waals surface area contributed by atoms with Gasteiger partial charge in [0.2, 0.25) is 5.95 Å². The molecule has 3 aromatic rings. The number of nitrogens with one attached hydrogen (secondary N) is 2. The Balaban J connectivity index is 1.91. The molecule has 0 fully saturated rings. The maximum absolute atomic E-state index is 13.5. The van der Waals surface area contributed by atoms with E-state index >= 15 is 0 Å². The maximum atomic E-state index is 13.5. The molecule has 0 bridgehead atoms. The molecule has 114 valence electrons. The number of pyridine rings is 1. The molecule has 0 saturated carbocycles. The van der Waals surface area contributed by atoms with Gasteiger partial charge in [0.05, 0.1) is 6.54 Å². The number of rotatable bonds is 4. The highest BCUT2D eigenvalue weighted by atomic mass is 19.1. The largest absolute Gasteiger partial charge is 0.351 e. The van der Waals surface area contributed by atoms with Crippen LogP contribution in [0.3, 0.4) is 0 Å². The van der Waals surface area contributed by atoms with Crippen molar-refractivity contribution < 1.29 is 4.39 Å². The van der Waals surface area contributed by atoms with Crippen molar-refractivity contribution in [3.63, 3.8) is 0 Å². The van der Waals surface area contributed by atoms with Gasteiger partial charge in [-0.3, -0.25) is 4.98 Å². The maximum Gasteiger partial charge on any atom is 0.224 e. The van der Waals surface area contributed by atoms with E-state index in [1.807, 2.05) is 31.5 Å². The molecule has 0 atom stereocenters. The summed E-state index contributed by atoms with van der Waals surface area (Å²) in [6.45, 7) is 5.13. The zero-order valence-corrected chi connectivity index (χ0v) is 12.8. The van der Waals surface area contributed by atoms with Crippen LogP contribution in [0.25, 0.3) is 22.2 Å². The lowest BCUT2D eigenvalue weighted by Crippen LogP contribution is -2.25. The van der Waals surface area contributed by atoms with Crippen LogP contribution in [0.5, 0.6) is 0 Å². The van der Waals surface area contributed by atoms with Crippen molar-refractivity contribution in [1.29, 1.82) is 0 Å². The van der Waals surface area contributed by atoms with Gasteiger partial charge >= 0.3 is 0 Å². The third-order valence-electron chi connectivity index (χ3n) is 3.32. The van der Waals surface area contributed by atoms with E-state index in [-0.39, 0.29) is 6.54 Å². The molecule has 3 heterocycles. The summed E-state index contributed by atoms with van der Waals surface area (Å²) in [7, 11) is 0. The number of aryl methyl sites for hydroxylation is 1. The molecular weight excluding hydrogens is 281 g/mol. The zero-order valence-electron chi connectivity index (χ0n) is 12.8. The van der Waals surface area contributed by atoms with Gasteiger partial charge in [-0.25, -0.2) is 9.37 Å². The summed E-state index contributed by atoms with van der Waals surface area (Å²) < 4.78 is 13.5. The van der Waals surface area contributed by atoms with Gasteiger partial charge in [0.15, 0.2) is 0 Å². The van der Waals surface area contributed by atoms with Crippen LogP contribution in [0, 0.1) is 6.92 Å². The molecule has 6 heteroatoms. The van der Waals surface area contributed by atoms with Crippen molar-refractivity contribution in [2.75, 3.05) is 11.9 Å². The molecule has 0 unspecified atom stereocenters. The van der Waals surface area contributed by atoms with E-state index in [4.69, 9.17) is 0 Å². The molecule has 0 aliphatic rings. The number of alkyl halides is 1. The highest BCUT2D eigenvalue weighted by Gasteiger charge is 2.16. The lowest BCUT2D eigenvalue weighted by atomic mass is 10.1. The van der Waals surface area contributed by atoms with Crippen molar-refractivity contribution in [3.05, 3.63) is 36.4 Å². The zero-order chi connectivity index (χ0) is 15.7. The summed E-state index contributed by atoms with van der Waals surface area (Å²) in [5, 5.41) is 3.82. The smallest absolute Gasteiger partial charge is 0.224 e. The summed E-state index contributed by atoms with van der Waals surface area (Å²) in [5.41, 5.74) is 2.38. The lowest BCUT2D eigenvalue weighted by Gasteiger charge is -2.14. The number of aromatic nitrogens is 4. The number of hydrogen-bond donors (Lipinski definition) is 2. The fourth-order valence-electron chi connectivity index (χ4n) is 2.15. The molecule has 0 saturated heterocycles. The van der Waals surface area contributed by atoms with E-state index in [2.05, 4.69) is 25.3 Å². The van der Waals surface area contributed by atoms with Gasteiger partial charge < -0.3 is 10.3 Å². The number of nitrogens with zero attached hydrogens (tertiary/aromatic N) is 3. The Hall–Kier alpha value is -2.50. The molecule has 0 aromatic carbocycles. The van der Waals surface area contributed by atoms with Crippen LogP contribution in [-0.4, -0.2) is 32.1 Å². The first kappa shape index (κ1) is 14.4. The summed E-state index contributed by atoms with van der Waals surface area (Å²) in [6, 6.07) is 3.98. The number of halogens is 1. The van der Waals surface area contributed by atoms with E-state index in [0.29, 0.717) is 11.6 Å². The number of anilines is 1. The van der Waals surface area contributed by atoms with E-state index in [9.17, 15) is 4.39 Å². The van der Waals surface area contributed by atoms with E-state index < -0.39 is 5.67 Å². The van der Waals surface area contributed by atoms with Gasteiger partial charge in [0, 0.05) is 40.8 Å². The van der Waals surface area contributed by atoms with Crippen LogP contribution in [0.15, 0.2) is 30.7 Å². The van der Waals surface area contributed by atoms with Crippen LogP contribution in [0.1, 0.15) is 19.5 Å². The Morgan fingerprint density at radius 3 is 2.73 bits per heavy atom. The molecule has 0 spiro atoms. The Kier molecular flexibility index (Phi) is 3.52. The minimum Gasteiger partial charge on any atom is -0.351 e. The second kappa shape index (κ2) is 5.36. The first-order valence-electron chi connectivity index (χ1n) is 7.12. The molecule has 2 N–H and O–H groups in total. The van der Waals surface area contributed by atoms with Crippen molar-refractivity contribution in [2.24, 2.45) is 0 Å². The minimum absolute atomic E-state index is 0.161. The summed E-state index contributed by atoms with van der Waals surface area (Å²) in [6.07, 6.45) is 5.45. The number of H-pyrrole nitrogens is 1. The highest BCUT2D eigenvalue weighted by Crippen LogP contribution is 2.27. The lowest BCUT2D eigenvalue weighted by molar-refractivity contribution is 0.234. The summed E-state index contributed by atoms with van der Waals surface area (Å²) >= 11 is 0. The first-order chi connectivity index (χ1) is 10.4. The van der Waals surface area contributed by atoms with E-state index in [1.54, 1.807) is 6.20 Å². The molecule has 5 nitrogen and oxygen atoms in total. The third-order valence-corrected chi connectivity index (χ3v) is 3.32. The Bertz CT molecular complexity index is 786. The predicted molar refractivity (Wildman–Crippen MR) is 85.5 cm³/mol. The second-order valence-corrected chi connectivity index (χ2v) is 5.92. The molecule has 0 radical (unpaired) electrons. The molecule has 3 rings (SSSR count). The van der Waals surface area contributed by atoms with E-state index in [0.717, 1.165) is 22.2 Å². The standard InChI is InChI=1S/C16H18FN5/c1-10-4-5-11(6-18-10)12-7-19-14-13(12)8-20-15(22-14)21-9-16(2,3)17/h4-8H,9H2,1-3H3,(H2,19,20,21,22). The normalized spacial score (nSPS) is 11.8. The van der Waals surface area contributed by atoms with Gasteiger partial charge in [0.25, 0.3) is 0 Å². The molecule has 3 aromatic heterocycles. The Morgan fingerprint density at radius 1 is 1.23 bits per heavy atom. The third kappa shape index (κ3) is 3.05. The van der Waals surface area contributed by atoms with Gasteiger partial charge in [-0.15, -0.1) is 0 Å². The average Bonchev–Trinajstić information content (AvgIpc) is 2.88. The van der Waals surface area contributed by atoms with Crippen LogP contribution < -0.4 is 5.32 Å². The molecular formula is C16H18FN5. The molecule has 0 aliphatic carbocycles. The monoisotopic (exact) mass is 299 g/mol. The molecule has 0 aliphatic heterocycles. The van der Waals surface area contributed by atoms with Gasteiger partial charge in [-0.2, -0.15) is 4.98 Å². The van der Waals surface area contributed by atoms with Crippen molar-refractivity contribution in [2.45, 2.75) is 26.4 Å². The number of hydrogen-bond acceptors (Lipinski definition) is 4. The predicted octanol–water partition coefficient (Wildman–Crippen LogP) is 3.49. The topological polar surface area (TPSA) is 66.5 Å². The Morgan fingerprint density at radius 2 is 2.05 bits per heavy atom. The SMILES string of the molecule is Cc1ccc(-c2c[nH]c3nc(NCC(C)(C)F)ncc23)cn1. The fourth-order valence-corrected chi connectivity index (χ4v) is 2.15. The molecule has 0 amide bonds. The molecule has 22 heavy (non-hydrogen) atoms. The van der Waals surface area contributed by atoms with Crippen molar-refractivity contribution in [3.8, 4) is 11.1 Å². The van der Waals surface area contributed by atoms with Crippen LogP contribution in [0.2, 0.25) is 0 Å². The van der Waals surface area contributed by atoms with Crippen molar-refractivity contribution in [1.82, 2.24) is 19.9 Å². The Labute approximate surface area is 128 Å². The quantitative estimate of drug-likeness (QED) is 0.774.